The van der Waals surface area contributed by atoms with E-state index in [9.17, 15) is 12.8 Å². The van der Waals surface area contributed by atoms with Gasteiger partial charge in [0, 0.05) is 12.6 Å². The Labute approximate surface area is 129 Å². The molecule has 1 aliphatic rings. The lowest BCUT2D eigenvalue weighted by molar-refractivity contribution is 0.250. The molecule has 1 aliphatic carbocycles. The lowest BCUT2D eigenvalue weighted by atomic mass is 10.3. The third-order valence-electron chi connectivity index (χ3n) is 3.02. The molecule has 0 amide bonds. The lowest BCUT2D eigenvalue weighted by Crippen LogP contribution is -2.36. The predicted molar refractivity (Wildman–Crippen MR) is 77.5 cm³/mol. The summed E-state index contributed by atoms with van der Waals surface area (Å²) < 4.78 is 40.3. The van der Waals surface area contributed by atoms with E-state index in [-0.39, 0.29) is 34.4 Å². The first-order chi connectivity index (χ1) is 9.30. The number of aliphatic hydroxyl groups excluding tert-OH is 1. The first kappa shape index (κ1) is 16.0. The molecule has 5 nitrogen and oxygen atoms in total. The van der Waals surface area contributed by atoms with E-state index in [4.69, 9.17) is 22.4 Å². The number of rotatable bonds is 5. The van der Waals surface area contributed by atoms with Gasteiger partial charge in [0.2, 0.25) is 10.0 Å². The second-order valence-electron chi connectivity index (χ2n) is 4.47. The zero-order valence-electron chi connectivity index (χ0n) is 10.3. The van der Waals surface area contributed by atoms with Crippen molar-refractivity contribution in [3.05, 3.63) is 21.4 Å². The zero-order valence-corrected chi connectivity index (χ0v) is 13.5. The van der Waals surface area contributed by atoms with Gasteiger partial charge < -0.3 is 10.8 Å². The summed E-state index contributed by atoms with van der Waals surface area (Å²) in [5.41, 5.74) is 5.16. The number of anilines is 1. The molecule has 9 heteroatoms. The molecule has 1 aromatic carbocycles. The van der Waals surface area contributed by atoms with E-state index in [0.717, 1.165) is 10.4 Å². The van der Waals surface area contributed by atoms with Crippen molar-refractivity contribution in [3.63, 3.8) is 0 Å². The van der Waals surface area contributed by atoms with Crippen LogP contribution in [0.2, 0.25) is 5.02 Å². The minimum absolute atomic E-state index is 0.0159. The molecule has 1 saturated carbocycles. The summed E-state index contributed by atoms with van der Waals surface area (Å²) in [5, 5.41) is 9.00. The maximum atomic E-state index is 14.1. The minimum atomic E-state index is -4.08. The van der Waals surface area contributed by atoms with Gasteiger partial charge in [-0.3, -0.25) is 0 Å². The van der Waals surface area contributed by atoms with Crippen LogP contribution in [0, 0.1) is 5.82 Å². The third kappa shape index (κ3) is 2.80. The predicted octanol–water partition coefficient (Wildman–Crippen LogP) is 1.97. The smallest absolute Gasteiger partial charge is 0.246 e. The second-order valence-corrected chi connectivity index (χ2v) is 7.53. The molecule has 0 radical (unpaired) electrons. The molecule has 2 rings (SSSR count). The summed E-state index contributed by atoms with van der Waals surface area (Å²) >= 11 is 8.84. The van der Waals surface area contributed by atoms with Crippen LogP contribution in [0.5, 0.6) is 0 Å². The molecular formula is C11H13BrClFN2O3S. The maximum absolute atomic E-state index is 14.1. The molecule has 112 valence electrons. The highest BCUT2D eigenvalue weighted by molar-refractivity contribution is 9.10. The quantitative estimate of drug-likeness (QED) is 0.598. The van der Waals surface area contributed by atoms with E-state index in [1.807, 2.05) is 0 Å². The summed E-state index contributed by atoms with van der Waals surface area (Å²) in [7, 11) is -4.08. The molecule has 0 spiro atoms. The van der Waals surface area contributed by atoms with Crippen LogP contribution in [0.25, 0.3) is 0 Å². The number of halogens is 3. The molecule has 3 N–H and O–H groups in total. The van der Waals surface area contributed by atoms with Gasteiger partial charge in [-0.2, -0.15) is 4.31 Å². The Bertz CT molecular complexity index is 637. The highest BCUT2D eigenvalue weighted by Gasteiger charge is 2.39. The van der Waals surface area contributed by atoms with Gasteiger partial charge in [0.1, 0.15) is 4.90 Å². The van der Waals surface area contributed by atoms with E-state index in [0.29, 0.717) is 12.8 Å². The van der Waals surface area contributed by atoms with E-state index < -0.39 is 20.7 Å². The van der Waals surface area contributed by atoms with Crippen molar-refractivity contribution in [2.45, 2.75) is 23.8 Å². The Morgan fingerprint density at radius 2 is 2.15 bits per heavy atom. The third-order valence-corrected chi connectivity index (χ3v) is 6.35. The van der Waals surface area contributed by atoms with Crippen molar-refractivity contribution in [1.29, 1.82) is 0 Å². The van der Waals surface area contributed by atoms with Crippen molar-refractivity contribution >= 4 is 43.2 Å². The fraction of sp³-hybridized carbons (Fsp3) is 0.455. The van der Waals surface area contributed by atoms with Gasteiger partial charge in [-0.15, -0.1) is 0 Å². The number of nitrogens with two attached hydrogens (primary N) is 1. The normalized spacial score (nSPS) is 15.8. The Hall–Kier alpha value is -0.410. The molecule has 0 bridgehead atoms. The molecule has 0 heterocycles. The first-order valence-electron chi connectivity index (χ1n) is 5.86. The molecule has 1 fully saturated rings. The SMILES string of the molecule is Nc1c(F)c(S(=O)(=O)N(CCO)C2CC2)cc(Cl)c1Br. The number of hydrogen-bond donors (Lipinski definition) is 2. The van der Waals surface area contributed by atoms with Crippen LogP contribution < -0.4 is 5.73 Å². The van der Waals surface area contributed by atoms with Gasteiger partial charge in [-0.25, -0.2) is 12.8 Å². The molecule has 0 aromatic heterocycles. The zero-order chi connectivity index (χ0) is 15.1. The van der Waals surface area contributed by atoms with Crippen molar-refractivity contribution in [2.24, 2.45) is 0 Å². The number of benzene rings is 1. The fourth-order valence-electron chi connectivity index (χ4n) is 1.87. The van der Waals surface area contributed by atoms with Crippen molar-refractivity contribution < 1.29 is 17.9 Å². The van der Waals surface area contributed by atoms with E-state index in [2.05, 4.69) is 15.9 Å². The average molecular weight is 388 g/mol. The molecular weight excluding hydrogens is 375 g/mol. The first-order valence-corrected chi connectivity index (χ1v) is 8.47. The van der Waals surface area contributed by atoms with Crippen LogP contribution in [0.3, 0.4) is 0 Å². The van der Waals surface area contributed by atoms with Crippen LogP contribution in [0.1, 0.15) is 12.8 Å². The lowest BCUT2D eigenvalue weighted by Gasteiger charge is -2.22. The highest BCUT2D eigenvalue weighted by Crippen LogP contribution is 2.38. The van der Waals surface area contributed by atoms with Gasteiger partial charge in [-0.1, -0.05) is 11.6 Å². The Morgan fingerprint density at radius 3 is 2.65 bits per heavy atom. The maximum Gasteiger partial charge on any atom is 0.246 e. The number of aliphatic hydroxyl groups is 1. The van der Waals surface area contributed by atoms with Gasteiger partial charge >= 0.3 is 0 Å². The van der Waals surface area contributed by atoms with Crippen molar-refractivity contribution in [3.8, 4) is 0 Å². The number of nitrogens with zero attached hydrogens (tertiary/aromatic N) is 1. The number of hydrogen-bond acceptors (Lipinski definition) is 4. The van der Waals surface area contributed by atoms with Gasteiger partial charge in [0.15, 0.2) is 5.82 Å². The van der Waals surface area contributed by atoms with Crippen LogP contribution in [-0.2, 0) is 10.0 Å². The second kappa shape index (κ2) is 5.76. The van der Waals surface area contributed by atoms with Crippen LogP contribution in [0.4, 0.5) is 10.1 Å². The molecule has 1 aromatic rings. The summed E-state index contributed by atoms with van der Waals surface area (Å²) in [6.07, 6.45) is 1.39. The average Bonchev–Trinajstić information content (AvgIpc) is 3.21. The van der Waals surface area contributed by atoms with Gasteiger partial charge in [-0.05, 0) is 34.8 Å². The van der Waals surface area contributed by atoms with E-state index in [1.54, 1.807) is 0 Å². The van der Waals surface area contributed by atoms with Crippen LogP contribution in [-0.4, -0.2) is 37.0 Å². The molecule has 0 aliphatic heterocycles. The van der Waals surface area contributed by atoms with Crippen LogP contribution >= 0.6 is 27.5 Å². The Balaban J connectivity index is 2.53. The van der Waals surface area contributed by atoms with E-state index >= 15 is 0 Å². The van der Waals surface area contributed by atoms with Gasteiger partial charge in [0.25, 0.3) is 0 Å². The topological polar surface area (TPSA) is 83.6 Å². The summed E-state index contributed by atoms with van der Waals surface area (Å²) in [6, 6.07) is 0.828. The molecule has 20 heavy (non-hydrogen) atoms. The molecule has 0 unspecified atom stereocenters. The monoisotopic (exact) mass is 386 g/mol. The summed E-state index contributed by atoms with van der Waals surface area (Å²) in [4.78, 5) is -0.566. The largest absolute Gasteiger partial charge is 0.395 e. The standard InChI is InChI=1S/C11H13BrClFN2O3S/c12-9-7(13)5-8(10(14)11(9)15)20(18,19)16(3-4-17)6-1-2-6/h5-6,17H,1-4,15H2. The van der Waals surface area contributed by atoms with Gasteiger partial charge in [0.05, 0.1) is 21.8 Å². The number of sulfonamides is 1. The fourth-order valence-corrected chi connectivity index (χ4v) is 4.22. The number of nitrogen functional groups attached to an aromatic ring is 1. The Morgan fingerprint density at radius 1 is 1.55 bits per heavy atom. The summed E-state index contributed by atoms with van der Waals surface area (Å²) in [6.45, 7) is -0.420. The minimum Gasteiger partial charge on any atom is -0.395 e. The molecule has 0 atom stereocenters. The Kier molecular flexibility index (Phi) is 4.60. The highest BCUT2D eigenvalue weighted by atomic mass is 79.9. The van der Waals surface area contributed by atoms with Crippen LogP contribution in [0.15, 0.2) is 15.4 Å². The molecule has 0 saturated heterocycles. The van der Waals surface area contributed by atoms with E-state index in [1.165, 1.54) is 0 Å². The van der Waals surface area contributed by atoms with Crippen molar-refractivity contribution in [2.75, 3.05) is 18.9 Å². The van der Waals surface area contributed by atoms with Crippen molar-refractivity contribution in [1.82, 2.24) is 4.31 Å². The summed E-state index contributed by atoms with van der Waals surface area (Å²) in [5.74, 6) is -1.04.